The second-order valence-corrected chi connectivity index (χ2v) is 4.52. The minimum absolute atomic E-state index is 0.714. The van der Waals surface area contributed by atoms with Crippen LogP contribution in [0.25, 0.3) is 0 Å². The van der Waals surface area contributed by atoms with Gasteiger partial charge in [-0.15, -0.1) is 0 Å². The van der Waals surface area contributed by atoms with Crippen LogP contribution in [0.4, 0.5) is 0 Å². The topological polar surface area (TPSA) is 18.5 Å². The lowest BCUT2D eigenvalue weighted by atomic mass is 10.2. The highest BCUT2D eigenvalue weighted by Crippen LogP contribution is 2.35. The first-order valence-electron chi connectivity index (χ1n) is 5.27. The Kier molecular flexibility index (Phi) is 3.69. The summed E-state index contributed by atoms with van der Waals surface area (Å²) >= 11 is 3.47. The van der Waals surface area contributed by atoms with Gasteiger partial charge in [0.05, 0.1) is 7.11 Å². The van der Waals surface area contributed by atoms with E-state index in [1.807, 2.05) is 49.4 Å². The lowest BCUT2D eigenvalue weighted by molar-refractivity contribution is 0.378. The third kappa shape index (κ3) is 2.80. The third-order valence-corrected chi connectivity index (χ3v) is 3.27. The summed E-state index contributed by atoms with van der Waals surface area (Å²) < 4.78 is 12.1. The van der Waals surface area contributed by atoms with Crippen molar-refractivity contribution < 1.29 is 9.47 Å². The van der Waals surface area contributed by atoms with Crippen LogP contribution in [0.2, 0.25) is 0 Å². The van der Waals surface area contributed by atoms with Crippen LogP contribution in [-0.2, 0) is 0 Å². The number of para-hydroxylation sites is 1. The summed E-state index contributed by atoms with van der Waals surface area (Å²) in [6, 6.07) is 13.5. The van der Waals surface area contributed by atoms with E-state index in [-0.39, 0.29) is 0 Å². The molecule has 0 heterocycles. The average Bonchev–Trinajstić information content (AvgIpc) is 2.35. The van der Waals surface area contributed by atoms with Crippen LogP contribution in [0.3, 0.4) is 0 Å². The normalized spacial score (nSPS) is 10.1. The fourth-order valence-corrected chi connectivity index (χ4v) is 1.81. The van der Waals surface area contributed by atoms with Crippen molar-refractivity contribution in [3.8, 4) is 17.2 Å². The molecule has 0 amide bonds. The minimum Gasteiger partial charge on any atom is -0.493 e. The Balaban J connectivity index is 2.35. The molecule has 0 radical (unpaired) electrons. The van der Waals surface area contributed by atoms with Crippen molar-refractivity contribution in [1.29, 1.82) is 0 Å². The second kappa shape index (κ2) is 5.23. The van der Waals surface area contributed by atoms with Gasteiger partial charge in [0.1, 0.15) is 5.75 Å². The van der Waals surface area contributed by atoms with Crippen molar-refractivity contribution in [2.24, 2.45) is 0 Å². The van der Waals surface area contributed by atoms with Crippen LogP contribution in [0.5, 0.6) is 17.2 Å². The quantitative estimate of drug-likeness (QED) is 0.826. The summed E-state index contributed by atoms with van der Waals surface area (Å²) in [4.78, 5) is 0. The summed E-state index contributed by atoms with van der Waals surface area (Å²) in [6.45, 7) is 2.02. The van der Waals surface area contributed by atoms with Crippen LogP contribution in [-0.4, -0.2) is 7.11 Å². The Hall–Kier alpha value is -1.48. The van der Waals surface area contributed by atoms with Crippen molar-refractivity contribution in [2.45, 2.75) is 6.92 Å². The Bertz CT molecular complexity index is 509. The molecule has 3 heteroatoms. The Morgan fingerprint density at radius 1 is 1.00 bits per heavy atom. The molecule has 0 fully saturated rings. The fourth-order valence-electron chi connectivity index (χ4n) is 1.49. The Morgan fingerprint density at radius 2 is 1.71 bits per heavy atom. The second-order valence-electron chi connectivity index (χ2n) is 3.67. The number of halogens is 1. The highest BCUT2D eigenvalue weighted by atomic mass is 79.9. The maximum atomic E-state index is 5.79. The number of ether oxygens (including phenoxy) is 2. The predicted octanol–water partition coefficient (Wildman–Crippen LogP) is 4.56. The molecule has 0 saturated carbocycles. The van der Waals surface area contributed by atoms with Crippen molar-refractivity contribution in [1.82, 2.24) is 0 Å². The Labute approximate surface area is 109 Å². The molecule has 2 aromatic carbocycles. The highest BCUT2D eigenvalue weighted by Gasteiger charge is 2.08. The summed E-state index contributed by atoms with van der Waals surface area (Å²) in [5.74, 6) is 2.23. The number of benzene rings is 2. The van der Waals surface area contributed by atoms with Crippen LogP contribution in [0.1, 0.15) is 5.56 Å². The molecule has 0 aliphatic heterocycles. The van der Waals surface area contributed by atoms with Gasteiger partial charge in [-0.3, -0.25) is 0 Å². The Morgan fingerprint density at radius 3 is 2.35 bits per heavy atom. The zero-order valence-corrected chi connectivity index (χ0v) is 11.3. The molecule has 0 saturated heterocycles. The molecule has 0 aromatic heterocycles. The van der Waals surface area contributed by atoms with Gasteiger partial charge in [-0.2, -0.15) is 0 Å². The first-order chi connectivity index (χ1) is 8.20. The minimum atomic E-state index is 0.714. The maximum Gasteiger partial charge on any atom is 0.169 e. The SMILES string of the molecule is COc1cc(Br)c(C)cc1Oc1ccccc1. The van der Waals surface area contributed by atoms with Crippen molar-refractivity contribution in [3.05, 3.63) is 52.5 Å². The predicted molar refractivity (Wildman–Crippen MR) is 71.9 cm³/mol. The molecule has 17 heavy (non-hydrogen) atoms. The molecular weight excluding hydrogens is 280 g/mol. The van der Waals surface area contributed by atoms with Gasteiger partial charge >= 0.3 is 0 Å². The number of hydrogen-bond donors (Lipinski definition) is 0. The lowest BCUT2D eigenvalue weighted by Gasteiger charge is -2.12. The fraction of sp³-hybridized carbons (Fsp3) is 0.143. The van der Waals surface area contributed by atoms with Gasteiger partial charge in [-0.25, -0.2) is 0 Å². The molecule has 0 N–H and O–H groups in total. The van der Waals surface area contributed by atoms with Crippen molar-refractivity contribution in [2.75, 3.05) is 7.11 Å². The third-order valence-electron chi connectivity index (χ3n) is 2.42. The molecule has 0 atom stereocenters. The van der Waals surface area contributed by atoms with E-state index in [1.54, 1.807) is 7.11 Å². The van der Waals surface area contributed by atoms with E-state index in [0.29, 0.717) is 5.75 Å². The van der Waals surface area contributed by atoms with Crippen LogP contribution >= 0.6 is 15.9 Å². The van der Waals surface area contributed by atoms with Gasteiger partial charge in [0, 0.05) is 4.47 Å². The molecule has 0 bridgehead atoms. The summed E-state index contributed by atoms with van der Waals surface area (Å²) in [5.41, 5.74) is 1.11. The van der Waals surface area contributed by atoms with Gasteiger partial charge in [0.2, 0.25) is 0 Å². The van der Waals surface area contributed by atoms with Crippen molar-refractivity contribution >= 4 is 15.9 Å². The average molecular weight is 293 g/mol. The summed E-state index contributed by atoms with van der Waals surface area (Å²) in [5, 5.41) is 0. The molecule has 0 aliphatic carbocycles. The summed E-state index contributed by atoms with van der Waals surface area (Å²) in [6.07, 6.45) is 0. The highest BCUT2D eigenvalue weighted by molar-refractivity contribution is 9.10. The van der Waals surface area contributed by atoms with Gasteiger partial charge in [-0.05, 0) is 36.8 Å². The number of hydrogen-bond acceptors (Lipinski definition) is 2. The van der Waals surface area contributed by atoms with E-state index in [9.17, 15) is 0 Å². The molecule has 2 aromatic rings. The molecule has 2 rings (SSSR count). The lowest BCUT2D eigenvalue weighted by Crippen LogP contribution is -1.91. The van der Waals surface area contributed by atoms with E-state index in [0.717, 1.165) is 21.5 Å². The van der Waals surface area contributed by atoms with Crippen LogP contribution < -0.4 is 9.47 Å². The van der Waals surface area contributed by atoms with E-state index in [1.165, 1.54) is 0 Å². The van der Waals surface area contributed by atoms with Crippen LogP contribution in [0.15, 0.2) is 46.9 Å². The van der Waals surface area contributed by atoms with Gasteiger partial charge < -0.3 is 9.47 Å². The van der Waals surface area contributed by atoms with E-state index < -0.39 is 0 Å². The van der Waals surface area contributed by atoms with Gasteiger partial charge in [0.25, 0.3) is 0 Å². The van der Waals surface area contributed by atoms with Gasteiger partial charge in [-0.1, -0.05) is 34.1 Å². The number of methoxy groups -OCH3 is 1. The first-order valence-corrected chi connectivity index (χ1v) is 6.07. The molecule has 2 nitrogen and oxygen atoms in total. The largest absolute Gasteiger partial charge is 0.493 e. The maximum absolute atomic E-state index is 5.79. The molecule has 0 unspecified atom stereocenters. The first kappa shape index (κ1) is 12.0. The van der Waals surface area contributed by atoms with E-state index in [2.05, 4.69) is 15.9 Å². The summed E-state index contributed by atoms with van der Waals surface area (Å²) in [7, 11) is 1.63. The van der Waals surface area contributed by atoms with Crippen molar-refractivity contribution in [3.63, 3.8) is 0 Å². The van der Waals surface area contributed by atoms with E-state index in [4.69, 9.17) is 9.47 Å². The molecule has 0 spiro atoms. The standard InChI is InChI=1S/C14H13BrO2/c1-10-8-14(13(16-2)9-12(10)15)17-11-6-4-3-5-7-11/h3-9H,1-2H3. The zero-order chi connectivity index (χ0) is 12.3. The zero-order valence-electron chi connectivity index (χ0n) is 9.74. The monoisotopic (exact) mass is 292 g/mol. The number of aryl methyl sites for hydroxylation is 1. The molecular formula is C14H13BrO2. The molecule has 88 valence electrons. The number of rotatable bonds is 3. The van der Waals surface area contributed by atoms with Crippen LogP contribution in [0, 0.1) is 6.92 Å². The van der Waals surface area contributed by atoms with Gasteiger partial charge in [0.15, 0.2) is 11.5 Å². The smallest absolute Gasteiger partial charge is 0.169 e. The molecule has 0 aliphatic rings. The van der Waals surface area contributed by atoms with E-state index >= 15 is 0 Å².